The van der Waals surface area contributed by atoms with Crippen molar-refractivity contribution in [2.75, 3.05) is 18.0 Å². The summed E-state index contributed by atoms with van der Waals surface area (Å²) < 4.78 is 6.03. The van der Waals surface area contributed by atoms with Crippen LogP contribution in [0.5, 0.6) is 0 Å². The third-order valence-corrected chi connectivity index (χ3v) is 5.62. The molecular weight excluding hydrogens is 310 g/mol. The predicted octanol–water partition coefficient (Wildman–Crippen LogP) is 2.20. The van der Waals surface area contributed by atoms with Gasteiger partial charge in [0.1, 0.15) is 5.82 Å². The molecule has 0 N–H and O–H groups in total. The second-order valence-corrected chi connectivity index (χ2v) is 7.36. The van der Waals surface area contributed by atoms with Crippen LogP contribution in [0.25, 0.3) is 0 Å². The number of rotatable bonds is 4. The van der Waals surface area contributed by atoms with E-state index in [2.05, 4.69) is 19.2 Å². The maximum Gasteiger partial charge on any atom is 0.253 e. The average Bonchev–Trinajstić information content (AvgIpc) is 3.32. The van der Waals surface area contributed by atoms with Gasteiger partial charge in [0.25, 0.3) is 5.56 Å². The quantitative estimate of drug-likeness (QED) is 0.859. The highest BCUT2D eigenvalue weighted by atomic mass is 32.1. The Balaban J connectivity index is 1.36. The smallest absolute Gasteiger partial charge is 0.253 e. The van der Waals surface area contributed by atoms with Crippen LogP contribution in [-0.4, -0.2) is 32.0 Å². The molecular formula is C16H21N5OS. The van der Waals surface area contributed by atoms with Crippen LogP contribution in [0.15, 0.2) is 17.2 Å². The van der Waals surface area contributed by atoms with Crippen molar-refractivity contribution >= 4 is 16.7 Å². The molecule has 0 spiro atoms. The lowest BCUT2D eigenvalue weighted by atomic mass is 9.97. The summed E-state index contributed by atoms with van der Waals surface area (Å²) in [5.41, 5.74) is 1.08. The van der Waals surface area contributed by atoms with E-state index in [9.17, 15) is 4.79 Å². The van der Waals surface area contributed by atoms with E-state index in [0.29, 0.717) is 11.8 Å². The van der Waals surface area contributed by atoms with E-state index in [1.807, 2.05) is 6.92 Å². The number of hydrogen-bond donors (Lipinski definition) is 0. The summed E-state index contributed by atoms with van der Waals surface area (Å²) in [6.07, 6.45) is 6.27. The van der Waals surface area contributed by atoms with Gasteiger partial charge in [-0.3, -0.25) is 9.36 Å². The van der Waals surface area contributed by atoms with Crippen molar-refractivity contribution in [2.45, 2.75) is 45.1 Å². The van der Waals surface area contributed by atoms with E-state index in [-0.39, 0.29) is 5.56 Å². The molecule has 0 amide bonds. The van der Waals surface area contributed by atoms with Crippen molar-refractivity contribution in [3.05, 3.63) is 34.3 Å². The van der Waals surface area contributed by atoms with E-state index in [1.54, 1.807) is 17.0 Å². The van der Waals surface area contributed by atoms with E-state index in [1.165, 1.54) is 24.4 Å². The number of aromatic nitrogens is 4. The number of piperidine rings is 1. The summed E-state index contributed by atoms with van der Waals surface area (Å²) in [6, 6.07) is 1.73. The molecule has 2 aromatic rings. The van der Waals surface area contributed by atoms with Crippen molar-refractivity contribution in [1.29, 1.82) is 0 Å². The Hall–Kier alpha value is -1.76. The molecule has 1 saturated carbocycles. The molecule has 0 aromatic carbocycles. The minimum atomic E-state index is 0.101. The molecule has 23 heavy (non-hydrogen) atoms. The molecule has 4 rings (SSSR count). The summed E-state index contributed by atoms with van der Waals surface area (Å²) in [5, 5.41) is 1.02. The summed E-state index contributed by atoms with van der Waals surface area (Å²) in [4.78, 5) is 23.5. The standard InChI is InChI=1S/C16H21N5OS/c1-11-18-16(23-19-11)20-6-4-12(5-7-20)9-21-10-17-14(8-15(21)22)13-2-3-13/h8,10,12-13H,2-7,9H2,1H3. The number of aryl methyl sites for hydroxylation is 1. The SMILES string of the molecule is Cc1nsc(N2CCC(Cn3cnc(C4CC4)cc3=O)CC2)n1. The maximum atomic E-state index is 12.2. The van der Waals surface area contributed by atoms with E-state index >= 15 is 0 Å². The number of hydrogen-bond acceptors (Lipinski definition) is 6. The fraction of sp³-hybridized carbons (Fsp3) is 0.625. The fourth-order valence-corrected chi connectivity index (χ4v) is 3.90. The molecule has 2 fully saturated rings. The monoisotopic (exact) mass is 331 g/mol. The summed E-state index contributed by atoms with van der Waals surface area (Å²) in [7, 11) is 0. The van der Waals surface area contributed by atoms with Crippen LogP contribution in [0, 0.1) is 12.8 Å². The van der Waals surface area contributed by atoms with Crippen LogP contribution in [0.3, 0.4) is 0 Å². The maximum absolute atomic E-state index is 12.2. The van der Waals surface area contributed by atoms with Crippen molar-refractivity contribution in [3.8, 4) is 0 Å². The van der Waals surface area contributed by atoms with Gasteiger partial charge in [-0.05, 0) is 38.5 Å². The van der Waals surface area contributed by atoms with E-state index < -0.39 is 0 Å². The molecule has 3 heterocycles. The number of anilines is 1. The lowest BCUT2D eigenvalue weighted by Gasteiger charge is -2.31. The predicted molar refractivity (Wildman–Crippen MR) is 90.1 cm³/mol. The summed E-state index contributed by atoms with van der Waals surface area (Å²) in [6.45, 7) is 4.68. The van der Waals surface area contributed by atoms with Crippen LogP contribution in [-0.2, 0) is 6.54 Å². The molecule has 0 bridgehead atoms. The molecule has 0 radical (unpaired) electrons. The molecule has 1 aliphatic heterocycles. The first-order chi connectivity index (χ1) is 11.2. The van der Waals surface area contributed by atoms with Crippen molar-refractivity contribution in [2.24, 2.45) is 5.92 Å². The summed E-state index contributed by atoms with van der Waals surface area (Å²) >= 11 is 1.47. The van der Waals surface area contributed by atoms with Crippen LogP contribution in [0.1, 0.15) is 43.1 Å². The van der Waals surface area contributed by atoms with Crippen LogP contribution in [0.4, 0.5) is 5.13 Å². The molecule has 122 valence electrons. The molecule has 2 aliphatic rings. The minimum absolute atomic E-state index is 0.101. The zero-order valence-corrected chi connectivity index (χ0v) is 14.1. The van der Waals surface area contributed by atoms with Crippen molar-refractivity contribution in [1.82, 2.24) is 18.9 Å². The Labute approximate surface area is 139 Å². The van der Waals surface area contributed by atoms with Gasteiger partial charge < -0.3 is 4.90 Å². The van der Waals surface area contributed by atoms with Gasteiger partial charge in [-0.15, -0.1) is 0 Å². The van der Waals surface area contributed by atoms with Crippen molar-refractivity contribution < 1.29 is 0 Å². The van der Waals surface area contributed by atoms with Crippen LogP contribution in [0.2, 0.25) is 0 Å². The van der Waals surface area contributed by atoms with Gasteiger partial charge in [-0.25, -0.2) is 9.97 Å². The average molecular weight is 331 g/mol. The van der Waals surface area contributed by atoms with Gasteiger partial charge in [0.15, 0.2) is 0 Å². The second kappa shape index (κ2) is 6.03. The van der Waals surface area contributed by atoms with Crippen LogP contribution >= 0.6 is 11.5 Å². The first-order valence-corrected chi connectivity index (χ1v) is 9.08. The molecule has 2 aromatic heterocycles. The zero-order chi connectivity index (χ0) is 15.8. The Morgan fingerprint density at radius 2 is 2.04 bits per heavy atom. The first-order valence-electron chi connectivity index (χ1n) is 8.30. The molecule has 7 heteroatoms. The first kappa shape index (κ1) is 14.8. The highest BCUT2D eigenvalue weighted by Gasteiger charge is 2.26. The highest BCUT2D eigenvalue weighted by molar-refractivity contribution is 7.09. The van der Waals surface area contributed by atoms with Gasteiger partial charge in [0.2, 0.25) is 5.13 Å². The highest BCUT2D eigenvalue weighted by Crippen LogP contribution is 2.38. The Morgan fingerprint density at radius 1 is 1.26 bits per heavy atom. The Morgan fingerprint density at radius 3 is 2.65 bits per heavy atom. The van der Waals surface area contributed by atoms with Gasteiger partial charge >= 0.3 is 0 Å². The van der Waals surface area contributed by atoms with Crippen LogP contribution < -0.4 is 10.5 Å². The normalized spacial score (nSPS) is 19.3. The second-order valence-electron chi connectivity index (χ2n) is 6.63. The van der Waals surface area contributed by atoms with Gasteiger partial charge in [0.05, 0.1) is 12.0 Å². The zero-order valence-electron chi connectivity index (χ0n) is 13.3. The Bertz CT molecular complexity index is 743. The van der Waals surface area contributed by atoms with E-state index in [0.717, 1.165) is 49.1 Å². The van der Waals surface area contributed by atoms with Gasteiger partial charge in [0, 0.05) is 43.2 Å². The lowest BCUT2D eigenvalue weighted by Crippen LogP contribution is -2.36. The molecule has 0 atom stereocenters. The molecule has 6 nitrogen and oxygen atoms in total. The third-order valence-electron chi connectivity index (χ3n) is 4.75. The minimum Gasteiger partial charge on any atom is -0.347 e. The van der Waals surface area contributed by atoms with Gasteiger partial charge in [-0.2, -0.15) is 4.37 Å². The molecule has 1 saturated heterocycles. The van der Waals surface area contributed by atoms with E-state index in [4.69, 9.17) is 0 Å². The Kier molecular flexibility index (Phi) is 3.88. The topological polar surface area (TPSA) is 63.9 Å². The van der Waals surface area contributed by atoms with Gasteiger partial charge in [-0.1, -0.05) is 0 Å². The number of nitrogens with zero attached hydrogens (tertiary/aromatic N) is 5. The molecule has 1 aliphatic carbocycles. The third kappa shape index (κ3) is 3.29. The lowest BCUT2D eigenvalue weighted by molar-refractivity contribution is 0.350. The molecule has 0 unspecified atom stereocenters. The fourth-order valence-electron chi connectivity index (χ4n) is 3.18. The van der Waals surface area contributed by atoms with Crippen molar-refractivity contribution in [3.63, 3.8) is 0 Å². The largest absolute Gasteiger partial charge is 0.347 e. The summed E-state index contributed by atoms with van der Waals surface area (Å²) in [5.74, 6) is 1.92.